The molecule has 0 aromatic rings. The van der Waals surface area contributed by atoms with Gasteiger partial charge in [0.15, 0.2) is 0 Å². The van der Waals surface area contributed by atoms with Gasteiger partial charge in [-0.2, -0.15) is 0 Å². The molecule has 14 heavy (non-hydrogen) atoms. The average Bonchev–Trinajstić information content (AvgIpc) is 2.81. The molecule has 0 aromatic carbocycles. The molecule has 3 saturated carbocycles. The number of hydrogen-bond acceptors (Lipinski definition) is 0. The van der Waals surface area contributed by atoms with Crippen LogP contribution in [0.5, 0.6) is 0 Å². The van der Waals surface area contributed by atoms with Crippen molar-refractivity contribution in [2.45, 2.75) is 52.4 Å². The molecule has 0 nitrogen and oxygen atoms in total. The van der Waals surface area contributed by atoms with Gasteiger partial charge in [0.05, 0.1) is 0 Å². The van der Waals surface area contributed by atoms with Crippen molar-refractivity contribution in [3.05, 3.63) is 11.6 Å². The summed E-state index contributed by atoms with van der Waals surface area (Å²) in [5, 5.41) is 0. The highest BCUT2D eigenvalue weighted by Crippen LogP contribution is 2.66. The van der Waals surface area contributed by atoms with Gasteiger partial charge in [0.1, 0.15) is 0 Å². The fourth-order valence-corrected chi connectivity index (χ4v) is 4.89. The summed E-state index contributed by atoms with van der Waals surface area (Å²) in [5.41, 5.74) is 2.58. The van der Waals surface area contributed by atoms with Crippen LogP contribution in [0.3, 0.4) is 0 Å². The molecule has 4 unspecified atom stereocenters. The van der Waals surface area contributed by atoms with Gasteiger partial charge >= 0.3 is 0 Å². The molecule has 0 radical (unpaired) electrons. The Morgan fingerprint density at radius 1 is 1.29 bits per heavy atom. The lowest BCUT2D eigenvalue weighted by Gasteiger charge is -2.36. The van der Waals surface area contributed by atoms with E-state index in [1.54, 1.807) is 0 Å². The van der Waals surface area contributed by atoms with Crippen molar-refractivity contribution in [2.24, 2.45) is 23.2 Å². The van der Waals surface area contributed by atoms with Crippen LogP contribution in [0.25, 0.3) is 0 Å². The first kappa shape index (κ1) is 9.00. The van der Waals surface area contributed by atoms with Gasteiger partial charge in [-0.3, -0.25) is 0 Å². The van der Waals surface area contributed by atoms with E-state index in [0.29, 0.717) is 5.41 Å². The normalized spacial score (nSPS) is 53.9. The number of fused-ring (bicyclic) bond motifs is 3. The van der Waals surface area contributed by atoms with E-state index in [9.17, 15) is 0 Å². The molecule has 0 aliphatic heterocycles. The topological polar surface area (TPSA) is 0 Å². The van der Waals surface area contributed by atoms with Crippen molar-refractivity contribution < 1.29 is 0 Å². The molecule has 1 spiro atoms. The Kier molecular flexibility index (Phi) is 1.84. The van der Waals surface area contributed by atoms with E-state index >= 15 is 0 Å². The molecule has 0 heteroatoms. The van der Waals surface area contributed by atoms with Crippen LogP contribution < -0.4 is 0 Å². The minimum atomic E-state index is 0.705. The van der Waals surface area contributed by atoms with E-state index in [-0.39, 0.29) is 0 Å². The molecular formula is C14H22. The highest BCUT2D eigenvalue weighted by atomic mass is 14.6. The molecule has 0 saturated heterocycles. The van der Waals surface area contributed by atoms with E-state index in [0.717, 1.165) is 17.8 Å². The first-order valence-corrected chi connectivity index (χ1v) is 6.43. The maximum atomic E-state index is 2.47. The van der Waals surface area contributed by atoms with Crippen LogP contribution in [-0.2, 0) is 0 Å². The van der Waals surface area contributed by atoms with Gasteiger partial charge < -0.3 is 0 Å². The quantitative estimate of drug-likeness (QED) is 0.503. The molecule has 4 atom stereocenters. The maximum absolute atomic E-state index is 2.47. The lowest BCUT2D eigenvalue weighted by atomic mass is 9.68. The minimum Gasteiger partial charge on any atom is -0.0876 e. The van der Waals surface area contributed by atoms with Crippen molar-refractivity contribution in [3.8, 4) is 0 Å². The van der Waals surface area contributed by atoms with Gasteiger partial charge in [0.2, 0.25) is 0 Å². The number of rotatable bonds is 0. The third-order valence-corrected chi connectivity index (χ3v) is 5.34. The molecule has 3 aliphatic rings. The van der Waals surface area contributed by atoms with Crippen molar-refractivity contribution in [3.63, 3.8) is 0 Å². The Morgan fingerprint density at radius 2 is 2.14 bits per heavy atom. The lowest BCUT2D eigenvalue weighted by molar-refractivity contribution is 0.229. The van der Waals surface area contributed by atoms with Crippen LogP contribution in [0.2, 0.25) is 0 Å². The summed E-state index contributed by atoms with van der Waals surface area (Å²) in [6.07, 6.45) is 11.5. The third kappa shape index (κ3) is 0.951. The first-order chi connectivity index (χ1) is 6.76. The fourth-order valence-electron chi connectivity index (χ4n) is 4.89. The summed E-state index contributed by atoms with van der Waals surface area (Å²) in [6.45, 7) is 4.73. The Balaban J connectivity index is 1.98. The molecule has 0 N–H and O–H groups in total. The standard InChI is InChI=1S/C14H22/c1-3-13-11-4-5-12(8-11)14(13)7-6-10(2)9-14/h3,10-12H,4-9H2,1-2H3. The van der Waals surface area contributed by atoms with Crippen LogP contribution in [0, 0.1) is 23.2 Å². The van der Waals surface area contributed by atoms with Crippen molar-refractivity contribution in [1.82, 2.24) is 0 Å². The largest absolute Gasteiger partial charge is 0.0876 e. The molecule has 0 aromatic heterocycles. The van der Waals surface area contributed by atoms with Crippen LogP contribution >= 0.6 is 0 Å². The van der Waals surface area contributed by atoms with Gasteiger partial charge in [0, 0.05) is 0 Å². The SMILES string of the molecule is CC=C1C2CCC(C2)C12CCC(C)C2. The Bertz CT molecular complexity index is 276. The molecule has 0 amide bonds. The van der Waals surface area contributed by atoms with E-state index in [1.165, 1.54) is 38.5 Å². The summed E-state index contributed by atoms with van der Waals surface area (Å²) >= 11 is 0. The third-order valence-electron chi connectivity index (χ3n) is 5.34. The number of hydrogen-bond donors (Lipinski definition) is 0. The second-order valence-corrected chi connectivity index (χ2v) is 5.96. The summed E-state index contributed by atoms with van der Waals surface area (Å²) in [7, 11) is 0. The molecule has 0 heterocycles. The zero-order chi connectivity index (χ0) is 9.76. The lowest BCUT2D eigenvalue weighted by Crippen LogP contribution is -2.27. The van der Waals surface area contributed by atoms with Crippen LogP contribution in [0.1, 0.15) is 52.4 Å². The zero-order valence-electron chi connectivity index (χ0n) is 9.55. The van der Waals surface area contributed by atoms with Crippen molar-refractivity contribution >= 4 is 0 Å². The van der Waals surface area contributed by atoms with E-state index in [4.69, 9.17) is 0 Å². The predicted octanol–water partition coefficient (Wildman–Crippen LogP) is 4.17. The van der Waals surface area contributed by atoms with E-state index < -0.39 is 0 Å². The molecule has 2 bridgehead atoms. The summed E-state index contributed by atoms with van der Waals surface area (Å²) < 4.78 is 0. The first-order valence-electron chi connectivity index (χ1n) is 6.43. The molecular weight excluding hydrogens is 168 g/mol. The summed E-state index contributed by atoms with van der Waals surface area (Å²) in [4.78, 5) is 0. The van der Waals surface area contributed by atoms with Crippen LogP contribution in [-0.4, -0.2) is 0 Å². The van der Waals surface area contributed by atoms with Crippen LogP contribution in [0.4, 0.5) is 0 Å². The smallest absolute Gasteiger partial charge is 0.00543 e. The van der Waals surface area contributed by atoms with Gasteiger partial charge in [0.25, 0.3) is 0 Å². The predicted molar refractivity (Wildman–Crippen MR) is 60.0 cm³/mol. The van der Waals surface area contributed by atoms with Gasteiger partial charge in [-0.1, -0.05) is 18.6 Å². The fraction of sp³-hybridized carbons (Fsp3) is 0.857. The van der Waals surface area contributed by atoms with Gasteiger partial charge in [-0.15, -0.1) is 0 Å². The van der Waals surface area contributed by atoms with Gasteiger partial charge in [-0.05, 0) is 68.6 Å². The monoisotopic (exact) mass is 190 g/mol. The number of allylic oxidation sites excluding steroid dienone is 2. The minimum absolute atomic E-state index is 0.705. The summed E-state index contributed by atoms with van der Waals surface area (Å²) in [6, 6.07) is 0. The average molecular weight is 190 g/mol. The van der Waals surface area contributed by atoms with Crippen molar-refractivity contribution in [1.29, 1.82) is 0 Å². The maximum Gasteiger partial charge on any atom is -0.00543 e. The Morgan fingerprint density at radius 3 is 2.79 bits per heavy atom. The van der Waals surface area contributed by atoms with E-state index in [2.05, 4.69) is 19.9 Å². The highest BCUT2D eigenvalue weighted by Gasteiger charge is 2.55. The van der Waals surface area contributed by atoms with Crippen LogP contribution in [0.15, 0.2) is 11.6 Å². The second-order valence-electron chi connectivity index (χ2n) is 5.96. The second kappa shape index (κ2) is 2.87. The molecule has 78 valence electrons. The van der Waals surface area contributed by atoms with Gasteiger partial charge in [-0.25, -0.2) is 0 Å². The van der Waals surface area contributed by atoms with E-state index in [1.807, 2.05) is 5.57 Å². The Labute approximate surface area is 87.8 Å². The summed E-state index contributed by atoms with van der Waals surface area (Å²) in [5.74, 6) is 3.06. The highest BCUT2D eigenvalue weighted by molar-refractivity contribution is 5.29. The zero-order valence-corrected chi connectivity index (χ0v) is 9.55. The van der Waals surface area contributed by atoms with Crippen molar-refractivity contribution in [2.75, 3.05) is 0 Å². The molecule has 3 rings (SSSR count). The molecule has 3 fully saturated rings. The Hall–Kier alpha value is -0.260. The molecule has 3 aliphatic carbocycles.